The van der Waals surface area contributed by atoms with Crippen molar-refractivity contribution in [3.63, 3.8) is 0 Å². The van der Waals surface area contributed by atoms with Gasteiger partial charge in [0.2, 0.25) is 0 Å². The van der Waals surface area contributed by atoms with Crippen molar-refractivity contribution >= 4 is 11.8 Å². The zero-order chi connectivity index (χ0) is 21.3. The number of ether oxygens (including phenoxy) is 2. The third kappa shape index (κ3) is 7.39. The van der Waals surface area contributed by atoms with Crippen LogP contribution in [0, 0.1) is 24.2 Å². The number of hydrogen-bond acceptors (Lipinski definition) is 4. The number of hydrogen-bond donors (Lipinski definition) is 0. The molecule has 0 aliphatic carbocycles. The maximum absolute atomic E-state index is 12.7. The molecule has 1 atom stereocenters. The minimum atomic E-state index is -4.36. The Bertz CT molecular complexity index is 858. The highest BCUT2D eigenvalue weighted by Gasteiger charge is 2.30. The standard InChI is InChI=1S/C22H22F3NO2S/c1-16-13-20(10-11-21(16)27-2)29-15-17(5-3-4-12-26)14-28-19-8-6-18(7-9-19)22(23,24)25/h3-4,6-11,13,17H,5,14-15H2,1-2H3/b4-3+. The molecule has 0 amide bonds. The van der Waals surface area contributed by atoms with E-state index in [0.717, 1.165) is 34.1 Å². The fourth-order valence-corrected chi connectivity index (χ4v) is 3.69. The van der Waals surface area contributed by atoms with Crippen LogP contribution >= 0.6 is 11.8 Å². The van der Waals surface area contributed by atoms with E-state index in [-0.39, 0.29) is 5.92 Å². The number of alkyl halides is 3. The Labute approximate surface area is 173 Å². The van der Waals surface area contributed by atoms with Crippen molar-refractivity contribution in [3.8, 4) is 17.6 Å². The SMILES string of the molecule is COc1ccc(SCC(C/C=C/C#N)COc2ccc(C(F)(F)F)cc2)cc1C. The van der Waals surface area contributed by atoms with Crippen molar-refractivity contribution in [3.05, 3.63) is 65.7 Å². The summed E-state index contributed by atoms with van der Waals surface area (Å²) in [6.07, 6.45) is -0.527. The molecule has 0 aliphatic heterocycles. The first-order valence-corrected chi connectivity index (χ1v) is 9.94. The number of rotatable bonds is 9. The Morgan fingerprint density at radius 2 is 1.90 bits per heavy atom. The smallest absolute Gasteiger partial charge is 0.416 e. The predicted octanol–water partition coefficient (Wildman–Crippen LogP) is 6.28. The zero-order valence-corrected chi connectivity index (χ0v) is 17.0. The van der Waals surface area contributed by atoms with Crippen molar-refractivity contribution in [2.45, 2.75) is 24.4 Å². The molecule has 0 N–H and O–H groups in total. The van der Waals surface area contributed by atoms with Gasteiger partial charge < -0.3 is 9.47 Å². The summed E-state index contributed by atoms with van der Waals surface area (Å²) in [5.74, 6) is 2.04. The fourth-order valence-electron chi connectivity index (χ4n) is 2.61. The monoisotopic (exact) mass is 421 g/mol. The lowest BCUT2D eigenvalue weighted by atomic mass is 10.1. The van der Waals surface area contributed by atoms with Gasteiger partial charge in [0.1, 0.15) is 11.5 Å². The van der Waals surface area contributed by atoms with Crippen LogP contribution in [0.15, 0.2) is 59.5 Å². The van der Waals surface area contributed by atoms with Gasteiger partial charge >= 0.3 is 6.18 Å². The van der Waals surface area contributed by atoms with Gasteiger partial charge in [0.25, 0.3) is 0 Å². The molecule has 0 spiro atoms. The van der Waals surface area contributed by atoms with E-state index in [1.807, 2.05) is 31.2 Å². The number of benzene rings is 2. The minimum absolute atomic E-state index is 0.0919. The van der Waals surface area contributed by atoms with Crippen LogP contribution in [0.3, 0.4) is 0 Å². The number of methoxy groups -OCH3 is 1. The maximum atomic E-state index is 12.7. The molecular weight excluding hydrogens is 399 g/mol. The van der Waals surface area contributed by atoms with E-state index < -0.39 is 11.7 Å². The Balaban J connectivity index is 1.97. The Kier molecular flexibility index (Phi) is 8.47. The number of aryl methyl sites for hydroxylation is 1. The van der Waals surface area contributed by atoms with E-state index >= 15 is 0 Å². The maximum Gasteiger partial charge on any atom is 0.416 e. The van der Waals surface area contributed by atoms with Crippen LogP contribution in [0.25, 0.3) is 0 Å². The largest absolute Gasteiger partial charge is 0.496 e. The van der Waals surface area contributed by atoms with Gasteiger partial charge in [-0.25, -0.2) is 0 Å². The van der Waals surface area contributed by atoms with E-state index in [0.29, 0.717) is 18.8 Å². The molecule has 0 aromatic heterocycles. The highest BCUT2D eigenvalue weighted by Crippen LogP contribution is 2.31. The van der Waals surface area contributed by atoms with E-state index in [9.17, 15) is 13.2 Å². The van der Waals surface area contributed by atoms with Crippen LogP contribution < -0.4 is 9.47 Å². The number of nitriles is 1. The summed E-state index contributed by atoms with van der Waals surface area (Å²) in [6.45, 7) is 2.31. The molecule has 0 radical (unpaired) electrons. The first kappa shape index (κ1) is 22.7. The third-order valence-electron chi connectivity index (χ3n) is 4.18. The summed E-state index contributed by atoms with van der Waals surface area (Å²) in [7, 11) is 1.63. The molecule has 0 aliphatic rings. The van der Waals surface area contributed by atoms with Crippen LogP contribution in [0.4, 0.5) is 13.2 Å². The van der Waals surface area contributed by atoms with Crippen molar-refractivity contribution in [2.24, 2.45) is 5.92 Å². The highest BCUT2D eigenvalue weighted by molar-refractivity contribution is 7.99. The van der Waals surface area contributed by atoms with Gasteiger partial charge in [0.15, 0.2) is 0 Å². The summed E-state index contributed by atoms with van der Waals surface area (Å²) in [4.78, 5) is 1.09. The molecule has 0 fully saturated rings. The van der Waals surface area contributed by atoms with Crippen molar-refractivity contribution in [1.82, 2.24) is 0 Å². The highest BCUT2D eigenvalue weighted by atomic mass is 32.2. The second kappa shape index (κ2) is 10.8. The molecule has 7 heteroatoms. The lowest BCUT2D eigenvalue weighted by molar-refractivity contribution is -0.137. The molecule has 2 aromatic rings. The van der Waals surface area contributed by atoms with Crippen LogP contribution in [0.5, 0.6) is 11.5 Å². The first-order valence-electron chi connectivity index (χ1n) is 8.95. The average Bonchev–Trinajstić information content (AvgIpc) is 2.69. The number of halogens is 3. The van der Waals surface area contributed by atoms with Gasteiger partial charge in [0.05, 0.1) is 25.3 Å². The molecule has 0 heterocycles. The van der Waals surface area contributed by atoms with E-state index in [2.05, 4.69) is 0 Å². The lowest BCUT2D eigenvalue weighted by Gasteiger charge is -2.17. The Morgan fingerprint density at radius 1 is 1.17 bits per heavy atom. The molecule has 0 saturated carbocycles. The van der Waals surface area contributed by atoms with Crippen molar-refractivity contribution in [1.29, 1.82) is 5.26 Å². The normalized spacial score (nSPS) is 12.6. The molecule has 2 aromatic carbocycles. The predicted molar refractivity (Wildman–Crippen MR) is 108 cm³/mol. The van der Waals surface area contributed by atoms with E-state index in [4.69, 9.17) is 14.7 Å². The van der Waals surface area contributed by atoms with Crippen LogP contribution in [0.2, 0.25) is 0 Å². The summed E-state index contributed by atoms with van der Waals surface area (Å²) in [5.41, 5.74) is 0.336. The summed E-state index contributed by atoms with van der Waals surface area (Å²) >= 11 is 1.66. The summed E-state index contributed by atoms with van der Waals surface area (Å²) < 4.78 is 48.9. The molecule has 1 unspecified atom stereocenters. The van der Waals surface area contributed by atoms with Gasteiger partial charge in [-0.2, -0.15) is 18.4 Å². The van der Waals surface area contributed by atoms with Gasteiger partial charge in [-0.3, -0.25) is 0 Å². The summed E-state index contributed by atoms with van der Waals surface area (Å²) in [6, 6.07) is 12.6. The molecular formula is C22H22F3NO2S. The fraction of sp³-hybridized carbons (Fsp3) is 0.318. The minimum Gasteiger partial charge on any atom is -0.496 e. The van der Waals surface area contributed by atoms with Gasteiger partial charge in [-0.15, -0.1) is 11.8 Å². The van der Waals surface area contributed by atoms with Crippen LogP contribution in [-0.4, -0.2) is 19.5 Å². The molecule has 29 heavy (non-hydrogen) atoms. The van der Waals surface area contributed by atoms with E-state index in [1.54, 1.807) is 24.9 Å². The molecule has 3 nitrogen and oxygen atoms in total. The van der Waals surface area contributed by atoms with Crippen LogP contribution in [-0.2, 0) is 6.18 Å². The molecule has 0 bridgehead atoms. The molecule has 0 saturated heterocycles. The van der Waals surface area contributed by atoms with Gasteiger partial charge in [0, 0.05) is 22.6 Å². The van der Waals surface area contributed by atoms with Crippen molar-refractivity contribution < 1.29 is 22.6 Å². The first-order chi connectivity index (χ1) is 13.8. The molecule has 2 rings (SSSR count). The van der Waals surface area contributed by atoms with Gasteiger partial charge in [-0.1, -0.05) is 6.08 Å². The zero-order valence-electron chi connectivity index (χ0n) is 16.2. The number of nitrogens with zero attached hydrogens (tertiary/aromatic N) is 1. The summed E-state index contributed by atoms with van der Waals surface area (Å²) in [5, 5.41) is 8.69. The second-order valence-electron chi connectivity index (χ2n) is 6.41. The second-order valence-corrected chi connectivity index (χ2v) is 7.50. The molecule has 154 valence electrons. The number of thioether (sulfide) groups is 1. The lowest BCUT2D eigenvalue weighted by Crippen LogP contribution is -2.14. The van der Waals surface area contributed by atoms with Crippen LogP contribution in [0.1, 0.15) is 17.5 Å². The quantitative estimate of drug-likeness (QED) is 0.353. The average molecular weight is 421 g/mol. The topological polar surface area (TPSA) is 42.2 Å². The van der Waals surface area contributed by atoms with Gasteiger partial charge in [-0.05, 0) is 61.4 Å². The Morgan fingerprint density at radius 3 is 2.48 bits per heavy atom. The van der Waals surface area contributed by atoms with E-state index in [1.165, 1.54) is 18.2 Å². The van der Waals surface area contributed by atoms with Crippen molar-refractivity contribution in [2.75, 3.05) is 19.5 Å². The number of allylic oxidation sites excluding steroid dienone is 2. The Hall–Kier alpha value is -2.59. The third-order valence-corrected chi connectivity index (χ3v) is 5.41.